The monoisotopic (exact) mass is 406 g/mol. The molecule has 1 heterocycles. The van der Waals surface area contributed by atoms with Gasteiger partial charge < -0.3 is 19.8 Å². The summed E-state index contributed by atoms with van der Waals surface area (Å²) in [7, 11) is 0. The molecule has 6 nitrogen and oxygen atoms in total. The molecular formula is C24H26N2O4. The molecule has 0 aliphatic heterocycles. The van der Waals surface area contributed by atoms with E-state index < -0.39 is 0 Å². The largest absolute Gasteiger partial charge is 0.494 e. The van der Waals surface area contributed by atoms with E-state index in [1.807, 2.05) is 61.5 Å². The van der Waals surface area contributed by atoms with Gasteiger partial charge in [0.05, 0.1) is 18.9 Å². The Bertz CT molecular complexity index is 922. The van der Waals surface area contributed by atoms with Crippen molar-refractivity contribution in [3.63, 3.8) is 0 Å². The lowest BCUT2D eigenvalue weighted by molar-refractivity contribution is -0.121. The summed E-state index contributed by atoms with van der Waals surface area (Å²) in [6, 6.07) is 20.6. The maximum Gasteiger partial charge on any atom is 0.286 e. The van der Waals surface area contributed by atoms with Crippen molar-refractivity contribution in [1.82, 2.24) is 10.6 Å². The van der Waals surface area contributed by atoms with Crippen molar-refractivity contribution in [3.05, 3.63) is 89.9 Å². The molecule has 30 heavy (non-hydrogen) atoms. The van der Waals surface area contributed by atoms with Gasteiger partial charge in [-0.3, -0.25) is 9.59 Å². The van der Waals surface area contributed by atoms with E-state index in [2.05, 4.69) is 10.6 Å². The second-order valence-corrected chi connectivity index (χ2v) is 6.75. The van der Waals surface area contributed by atoms with E-state index in [9.17, 15) is 9.59 Å². The predicted molar refractivity (Wildman–Crippen MR) is 114 cm³/mol. The number of carbonyl (C=O) groups is 2. The fourth-order valence-electron chi connectivity index (χ4n) is 3.11. The first kappa shape index (κ1) is 21.2. The van der Waals surface area contributed by atoms with Crippen molar-refractivity contribution in [1.29, 1.82) is 0 Å². The lowest BCUT2D eigenvalue weighted by atomic mass is 9.98. The van der Waals surface area contributed by atoms with Crippen LogP contribution in [0.4, 0.5) is 0 Å². The van der Waals surface area contributed by atoms with Crippen LogP contribution >= 0.6 is 0 Å². The second-order valence-electron chi connectivity index (χ2n) is 6.75. The molecule has 0 bridgehead atoms. The van der Waals surface area contributed by atoms with Crippen LogP contribution in [0.2, 0.25) is 0 Å². The standard InChI is InChI=1S/C24H26N2O4/c1-2-29-20-14-12-19(13-15-20)23(18-8-4-3-5-9-18)26-22(27)11-6-16-25-24(28)21-10-7-17-30-21/h3-5,7-10,12-15,17,23H,2,6,11,16H2,1H3,(H,25,28)(H,26,27)/t23-/m0/s1. The van der Waals surface area contributed by atoms with Crippen molar-refractivity contribution in [2.24, 2.45) is 0 Å². The fraction of sp³-hybridized carbons (Fsp3) is 0.250. The maximum atomic E-state index is 12.6. The minimum absolute atomic E-state index is 0.0787. The molecule has 2 N–H and O–H groups in total. The highest BCUT2D eigenvalue weighted by Gasteiger charge is 2.17. The van der Waals surface area contributed by atoms with Crippen LogP contribution < -0.4 is 15.4 Å². The second kappa shape index (κ2) is 10.9. The number of ether oxygens (including phenoxy) is 1. The first-order valence-electron chi connectivity index (χ1n) is 10.1. The number of hydrogen-bond donors (Lipinski definition) is 2. The van der Waals surface area contributed by atoms with Crippen LogP contribution in [-0.4, -0.2) is 25.0 Å². The third-order valence-electron chi connectivity index (χ3n) is 4.57. The van der Waals surface area contributed by atoms with Crippen LogP contribution in [0.5, 0.6) is 5.75 Å². The van der Waals surface area contributed by atoms with E-state index in [4.69, 9.17) is 9.15 Å². The van der Waals surface area contributed by atoms with Gasteiger partial charge in [-0.15, -0.1) is 0 Å². The van der Waals surface area contributed by atoms with E-state index in [-0.39, 0.29) is 23.6 Å². The van der Waals surface area contributed by atoms with Crippen molar-refractivity contribution in [3.8, 4) is 5.75 Å². The molecule has 2 amide bonds. The Balaban J connectivity index is 1.57. The highest BCUT2D eigenvalue weighted by atomic mass is 16.5. The summed E-state index contributed by atoms with van der Waals surface area (Å²) in [4.78, 5) is 24.4. The first-order valence-corrected chi connectivity index (χ1v) is 10.1. The molecule has 0 aliphatic carbocycles. The molecule has 1 atom stereocenters. The topological polar surface area (TPSA) is 80.6 Å². The lowest BCUT2D eigenvalue weighted by Gasteiger charge is -2.20. The summed E-state index contributed by atoms with van der Waals surface area (Å²) in [5.41, 5.74) is 1.98. The highest BCUT2D eigenvalue weighted by molar-refractivity contribution is 5.91. The zero-order valence-electron chi connectivity index (χ0n) is 17.0. The summed E-state index contributed by atoms with van der Waals surface area (Å²) in [5, 5.41) is 5.85. The molecule has 0 unspecified atom stereocenters. The van der Waals surface area contributed by atoms with E-state index in [0.29, 0.717) is 26.0 Å². The molecule has 2 aromatic carbocycles. The number of benzene rings is 2. The quantitative estimate of drug-likeness (QED) is 0.497. The molecule has 156 valence electrons. The Kier molecular flexibility index (Phi) is 7.66. The van der Waals surface area contributed by atoms with Gasteiger partial charge in [-0.1, -0.05) is 42.5 Å². The molecule has 0 radical (unpaired) electrons. The predicted octanol–water partition coefficient (Wildman–Crippen LogP) is 4.09. The van der Waals surface area contributed by atoms with E-state index >= 15 is 0 Å². The summed E-state index contributed by atoms with van der Waals surface area (Å²) in [6.07, 6.45) is 2.29. The van der Waals surface area contributed by atoms with Gasteiger partial charge in [0.1, 0.15) is 5.75 Å². The van der Waals surface area contributed by atoms with Gasteiger partial charge in [0.15, 0.2) is 5.76 Å². The Morgan fingerprint density at radius 2 is 1.70 bits per heavy atom. The lowest BCUT2D eigenvalue weighted by Crippen LogP contribution is -2.30. The maximum absolute atomic E-state index is 12.6. The van der Waals surface area contributed by atoms with Gasteiger partial charge >= 0.3 is 0 Å². The molecule has 1 aromatic heterocycles. The average molecular weight is 406 g/mol. The number of amides is 2. The van der Waals surface area contributed by atoms with Crippen LogP contribution in [0, 0.1) is 0 Å². The molecule has 0 saturated heterocycles. The van der Waals surface area contributed by atoms with Crippen LogP contribution in [0.15, 0.2) is 77.4 Å². The number of carbonyl (C=O) groups excluding carboxylic acids is 2. The number of rotatable bonds is 10. The molecule has 6 heteroatoms. The number of hydrogen-bond acceptors (Lipinski definition) is 4. The summed E-state index contributed by atoms with van der Waals surface area (Å²) in [5.74, 6) is 0.702. The minimum atomic E-state index is -0.281. The van der Waals surface area contributed by atoms with Crippen molar-refractivity contribution < 1.29 is 18.7 Å². The third-order valence-corrected chi connectivity index (χ3v) is 4.57. The Morgan fingerprint density at radius 1 is 0.967 bits per heavy atom. The van der Waals surface area contributed by atoms with Crippen LogP contribution in [0.1, 0.15) is 47.5 Å². The Hall–Kier alpha value is -3.54. The molecule has 0 saturated carbocycles. The van der Waals surface area contributed by atoms with E-state index in [0.717, 1.165) is 16.9 Å². The van der Waals surface area contributed by atoms with E-state index in [1.165, 1.54) is 6.26 Å². The molecule has 0 spiro atoms. The van der Waals surface area contributed by atoms with Gasteiger partial charge in [0.2, 0.25) is 5.91 Å². The molecule has 3 rings (SSSR count). The summed E-state index contributed by atoms with van der Waals surface area (Å²) >= 11 is 0. The minimum Gasteiger partial charge on any atom is -0.494 e. The normalized spacial score (nSPS) is 11.5. The molecule has 0 aliphatic rings. The van der Waals surface area contributed by atoms with Crippen molar-refractivity contribution in [2.45, 2.75) is 25.8 Å². The van der Waals surface area contributed by atoms with Gasteiger partial charge in [-0.25, -0.2) is 0 Å². The number of nitrogens with one attached hydrogen (secondary N) is 2. The molecular weight excluding hydrogens is 380 g/mol. The highest BCUT2D eigenvalue weighted by Crippen LogP contribution is 2.24. The smallest absolute Gasteiger partial charge is 0.286 e. The average Bonchev–Trinajstić information content (AvgIpc) is 3.32. The van der Waals surface area contributed by atoms with Crippen molar-refractivity contribution >= 4 is 11.8 Å². The zero-order chi connectivity index (χ0) is 21.2. The number of furan rings is 1. The Labute approximate surface area is 176 Å². The SMILES string of the molecule is CCOc1ccc([C@@H](NC(=O)CCCNC(=O)c2ccco2)c2ccccc2)cc1. The fourth-order valence-corrected chi connectivity index (χ4v) is 3.11. The molecule has 0 fully saturated rings. The van der Waals surface area contributed by atoms with E-state index in [1.54, 1.807) is 12.1 Å². The van der Waals surface area contributed by atoms with Crippen molar-refractivity contribution in [2.75, 3.05) is 13.2 Å². The van der Waals surface area contributed by atoms with Crippen LogP contribution in [0.25, 0.3) is 0 Å². The van der Waals surface area contributed by atoms with Crippen LogP contribution in [0.3, 0.4) is 0 Å². The third kappa shape index (κ3) is 5.98. The summed E-state index contributed by atoms with van der Waals surface area (Å²) in [6.45, 7) is 2.94. The van der Waals surface area contributed by atoms with Gasteiger partial charge in [-0.05, 0) is 48.7 Å². The van der Waals surface area contributed by atoms with Gasteiger partial charge in [0, 0.05) is 13.0 Å². The van der Waals surface area contributed by atoms with Gasteiger partial charge in [-0.2, -0.15) is 0 Å². The van der Waals surface area contributed by atoms with Gasteiger partial charge in [0.25, 0.3) is 5.91 Å². The zero-order valence-corrected chi connectivity index (χ0v) is 17.0. The van der Waals surface area contributed by atoms with Crippen LogP contribution in [-0.2, 0) is 4.79 Å². The first-order chi connectivity index (χ1) is 14.7. The molecule has 3 aromatic rings. The Morgan fingerprint density at radius 3 is 2.37 bits per heavy atom. The summed E-state index contributed by atoms with van der Waals surface area (Å²) < 4.78 is 10.6.